The number of carbonyl (C=O) groups is 1. The summed E-state index contributed by atoms with van der Waals surface area (Å²) < 4.78 is 33.6. The van der Waals surface area contributed by atoms with E-state index in [9.17, 15) is 13.6 Å². The number of hydrogen-bond acceptors (Lipinski definition) is 3. The summed E-state index contributed by atoms with van der Waals surface area (Å²) in [6.07, 6.45) is 2.19. The average molecular weight is 331 g/mol. The van der Waals surface area contributed by atoms with Crippen molar-refractivity contribution in [2.45, 2.75) is 13.3 Å². The van der Waals surface area contributed by atoms with Crippen LogP contribution in [0.4, 0.5) is 14.5 Å². The normalized spacial score (nSPS) is 10.8. The summed E-state index contributed by atoms with van der Waals surface area (Å²) in [6, 6.07) is 6.44. The summed E-state index contributed by atoms with van der Waals surface area (Å²) >= 11 is 0. The zero-order chi connectivity index (χ0) is 17.3. The molecular formula is C17H15F2N3O2. The second-order valence-electron chi connectivity index (χ2n) is 5.11. The number of amides is 1. The number of imidazole rings is 1. The van der Waals surface area contributed by atoms with Crippen molar-refractivity contribution >= 4 is 17.2 Å². The number of benzene rings is 1. The largest absolute Gasteiger partial charge is 0.493 e. The Kier molecular flexibility index (Phi) is 4.16. The van der Waals surface area contributed by atoms with Crippen LogP contribution in [0.2, 0.25) is 0 Å². The molecule has 0 saturated heterocycles. The van der Waals surface area contributed by atoms with Gasteiger partial charge in [0.25, 0.3) is 5.91 Å². The van der Waals surface area contributed by atoms with Gasteiger partial charge in [0.1, 0.15) is 17.3 Å². The standard InChI is InChI=1S/C17H15F2N3O2/c1-3-12-15(22-8-4-5-14(24-2)16(22)20-12)17(23)21-13-7-6-10(18)9-11(13)19/h4-9H,3H2,1-2H3,(H,21,23). The van der Waals surface area contributed by atoms with Gasteiger partial charge < -0.3 is 10.1 Å². The van der Waals surface area contributed by atoms with E-state index in [4.69, 9.17) is 4.74 Å². The maximum absolute atomic E-state index is 13.8. The number of pyridine rings is 1. The highest BCUT2D eigenvalue weighted by Crippen LogP contribution is 2.24. The highest BCUT2D eigenvalue weighted by molar-refractivity contribution is 6.04. The van der Waals surface area contributed by atoms with E-state index in [1.165, 1.54) is 13.2 Å². The number of fused-ring (bicyclic) bond motifs is 1. The van der Waals surface area contributed by atoms with Crippen molar-refractivity contribution in [2.75, 3.05) is 12.4 Å². The molecule has 1 aromatic carbocycles. The van der Waals surface area contributed by atoms with Crippen molar-refractivity contribution < 1.29 is 18.3 Å². The van der Waals surface area contributed by atoms with Crippen LogP contribution < -0.4 is 10.1 Å². The Morgan fingerprint density at radius 1 is 1.33 bits per heavy atom. The molecule has 2 heterocycles. The van der Waals surface area contributed by atoms with Crippen LogP contribution in [0.25, 0.3) is 5.65 Å². The molecule has 1 amide bonds. The predicted octanol–water partition coefficient (Wildman–Crippen LogP) is 3.44. The van der Waals surface area contributed by atoms with Gasteiger partial charge in [0.15, 0.2) is 11.4 Å². The first-order valence-electron chi connectivity index (χ1n) is 7.35. The molecule has 0 fully saturated rings. The number of aromatic nitrogens is 2. The molecule has 0 aliphatic carbocycles. The molecule has 2 aromatic heterocycles. The number of nitrogens with one attached hydrogen (secondary N) is 1. The molecule has 0 unspecified atom stereocenters. The van der Waals surface area contributed by atoms with E-state index >= 15 is 0 Å². The zero-order valence-electron chi connectivity index (χ0n) is 13.1. The highest BCUT2D eigenvalue weighted by atomic mass is 19.1. The fourth-order valence-electron chi connectivity index (χ4n) is 2.51. The van der Waals surface area contributed by atoms with Crippen LogP contribution >= 0.6 is 0 Å². The summed E-state index contributed by atoms with van der Waals surface area (Å²) in [5, 5.41) is 2.46. The molecule has 24 heavy (non-hydrogen) atoms. The van der Waals surface area contributed by atoms with E-state index in [2.05, 4.69) is 10.3 Å². The molecule has 0 spiro atoms. The fraction of sp³-hybridized carbons (Fsp3) is 0.176. The Morgan fingerprint density at radius 3 is 2.79 bits per heavy atom. The van der Waals surface area contributed by atoms with Crippen LogP contribution in [-0.4, -0.2) is 22.4 Å². The summed E-state index contributed by atoms with van der Waals surface area (Å²) in [6.45, 7) is 1.86. The Bertz CT molecular complexity index is 922. The van der Waals surface area contributed by atoms with Gasteiger partial charge in [0.2, 0.25) is 0 Å². The number of aryl methyl sites for hydroxylation is 1. The van der Waals surface area contributed by atoms with E-state index in [-0.39, 0.29) is 11.4 Å². The number of methoxy groups -OCH3 is 1. The van der Waals surface area contributed by atoms with E-state index in [1.54, 1.807) is 22.7 Å². The molecule has 7 heteroatoms. The van der Waals surface area contributed by atoms with Crippen molar-refractivity contribution in [1.82, 2.24) is 9.38 Å². The molecule has 5 nitrogen and oxygen atoms in total. The molecule has 1 N–H and O–H groups in total. The van der Waals surface area contributed by atoms with E-state index in [1.807, 2.05) is 6.92 Å². The quantitative estimate of drug-likeness (QED) is 0.797. The summed E-state index contributed by atoms with van der Waals surface area (Å²) in [7, 11) is 1.52. The number of nitrogens with zero attached hydrogens (tertiary/aromatic N) is 2. The van der Waals surface area contributed by atoms with Gasteiger partial charge in [-0.3, -0.25) is 9.20 Å². The van der Waals surface area contributed by atoms with Crippen LogP contribution in [-0.2, 0) is 6.42 Å². The van der Waals surface area contributed by atoms with Crippen molar-refractivity contribution in [3.63, 3.8) is 0 Å². The van der Waals surface area contributed by atoms with Crippen LogP contribution in [0.5, 0.6) is 5.75 Å². The fourth-order valence-corrected chi connectivity index (χ4v) is 2.51. The Balaban J connectivity index is 2.06. The lowest BCUT2D eigenvalue weighted by Gasteiger charge is -2.08. The first-order valence-corrected chi connectivity index (χ1v) is 7.35. The first kappa shape index (κ1) is 15.9. The third kappa shape index (κ3) is 2.68. The minimum Gasteiger partial charge on any atom is -0.493 e. The number of halogens is 2. The van der Waals surface area contributed by atoms with Gasteiger partial charge in [-0.2, -0.15) is 0 Å². The van der Waals surface area contributed by atoms with Crippen molar-refractivity contribution in [2.24, 2.45) is 0 Å². The SMILES string of the molecule is CCc1nc2c(OC)cccn2c1C(=O)Nc1ccc(F)cc1F. The molecule has 0 saturated carbocycles. The zero-order valence-corrected chi connectivity index (χ0v) is 13.1. The van der Waals surface area contributed by atoms with E-state index in [0.29, 0.717) is 29.6 Å². The van der Waals surface area contributed by atoms with Gasteiger partial charge in [0, 0.05) is 12.3 Å². The summed E-state index contributed by atoms with van der Waals surface area (Å²) in [5.41, 5.74) is 1.25. The maximum Gasteiger partial charge on any atom is 0.274 e. The Labute approximate surface area is 136 Å². The first-order chi connectivity index (χ1) is 11.5. The van der Waals surface area contributed by atoms with Gasteiger partial charge in [-0.1, -0.05) is 6.92 Å². The summed E-state index contributed by atoms with van der Waals surface area (Å²) in [4.78, 5) is 17.1. The third-order valence-corrected chi connectivity index (χ3v) is 3.64. The highest BCUT2D eigenvalue weighted by Gasteiger charge is 2.21. The smallest absolute Gasteiger partial charge is 0.274 e. The molecule has 0 aliphatic heterocycles. The molecule has 3 aromatic rings. The van der Waals surface area contributed by atoms with E-state index < -0.39 is 17.5 Å². The monoisotopic (exact) mass is 331 g/mol. The van der Waals surface area contributed by atoms with E-state index in [0.717, 1.165) is 6.07 Å². The van der Waals surface area contributed by atoms with Gasteiger partial charge in [-0.15, -0.1) is 0 Å². The van der Waals surface area contributed by atoms with Gasteiger partial charge in [-0.25, -0.2) is 13.8 Å². The molecule has 124 valence electrons. The van der Waals surface area contributed by atoms with Crippen molar-refractivity contribution in [3.8, 4) is 5.75 Å². The predicted molar refractivity (Wildman–Crippen MR) is 85.4 cm³/mol. The summed E-state index contributed by atoms with van der Waals surface area (Å²) in [5.74, 6) is -1.55. The topological polar surface area (TPSA) is 55.6 Å². The second-order valence-corrected chi connectivity index (χ2v) is 5.11. The Morgan fingerprint density at radius 2 is 2.12 bits per heavy atom. The Hall–Kier alpha value is -2.96. The van der Waals surface area contributed by atoms with Crippen molar-refractivity contribution in [3.05, 3.63) is 59.6 Å². The molecule has 0 radical (unpaired) electrons. The lowest BCUT2D eigenvalue weighted by atomic mass is 10.2. The van der Waals surface area contributed by atoms with Gasteiger partial charge in [-0.05, 0) is 30.7 Å². The van der Waals surface area contributed by atoms with Crippen molar-refractivity contribution in [1.29, 1.82) is 0 Å². The minimum absolute atomic E-state index is 0.0960. The lowest BCUT2D eigenvalue weighted by Crippen LogP contribution is -2.17. The van der Waals surface area contributed by atoms with Gasteiger partial charge in [0.05, 0.1) is 18.5 Å². The third-order valence-electron chi connectivity index (χ3n) is 3.64. The number of carbonyl (C=O) groups excluding carboxylic acids is 1. The lowest BCUT2D eigenvalue weighted by molar-refractivity contribution is 0.102. The number of rotatable bonds is 4. The molecular weight excluding hydrogens is 316 g/mol. The van der Waals surface area contributed by atoms with Gasteiger partial charge >= 0.3 is 0 Å². The van der Waals surface area contributed by atoms with Crippen LogP contribution in [0.15, 0.2) is 36.5 Å². The van der Waals surface area contributed by atoms with Crippen LogP contribution in [0.3, 0.4) is 0 Å². The van der Waals surface area contributed by atoms with Crippen LogP contribution in [0.1, 0.15) is 23.1 Å². The molecule has 0 bridgehead atoms. The number of ether oxygens (including phenoxy) is 1. The number of anilines is 1. The van der Waals surface area contributed by atoms with Crippen LogP contribution in [0, 0.1) is 11.6 Å². The molecule has 3 rings (SSSR count). The second kappa shape index (κ2) is 6.27. The minimum atomic E-state index is -0.840. The molecule has 0 aliphatic rings. The maximum atomic E-state index is 13.8. The number of hydrogen-bond donors (Lipinski definition) is 1. The molecule has 0 atom stereocenters. The average Bonchev–Trinajstić information content (AvgIpc) is 2.96.